The van der Waals surface area contributed by atoms with Crippen LogP contribution in [-0.4, -0.2) is 37.9 Å². The predicted molar refractivity (Wildman–Crippen MR) is 92.1 cm³/mol. The molecular formula is C14H19BrCl2N2O2. The topological polar surface area (TPSA) is 33.7 Å². The van der Waals surface area contributed by atoms with Crippen LogP contribution in [0.5, 0.6) is 11.5 Å². The number of benzene rings is 1. The molecule has 0 unspecified atom stereocenters. The normalized spacial score (nSPS) is 18.3. The maximum Gasteiger partial charge on any atom is 0.231 e. The second-order valence-electron chi connectivity index (χ2n) is 4.69. The molecule has 1 saturated heterocycles. The van der Waals surface area contributed by atoms with Gasteiger partial charge in [-0.2, -0.15) is 0 Å². The Morgan fingerprint density at radius 2 is 1.81 bits per heavy atom. The van der Waals surface area contributed by atoms with Crippen molar-refractivity contribution in [3.05, 3.63) is 34.8 Å². The Bertz CT molecular complexity index is 496. The molecule has 0 saturated carbocycles. The van der Waals surface area contributed by atoms with E-state index in [9.17, 15) is 0 Å². The lowest BCUT2D eigenvalue weighted by molar-refractivity contribution is 0.173. The van der Waals surface area contributed by atoms with Crippen molar-refractivity contribution >= 4 is 40.7 Å². The van der Waals surface area contributed by atoms with Gasteiger partial charge in [-0.05, 0) is 17.7 Å². The van der Waals surface area contributed by atoms with Gasteiger partial charge in [0.25, 0.3) is 0 Å². The first kappa shape index (κ1) is 18.6. The summed E-state index contributed by atoms with van der Waals surface area (Å²) in [5, 5.41) is 3.37. The van der Waals surface area contributed by atoms with E-state index >= 15 is 0 Å². The Hall–Kier alpha value is -0.460. The van der Waals surface area contributed by atoms with Crippen LogP contribution in [0.1, 0.15) is 11.6 Å². The number of hydrogen-bond donors (Lipinski definition) is 1. The summed E-state index contributed by atoms with van der Waals surface area (Å²) in [6.07, 6.45) is 1.99. The molecule has 0 amide bonds. The van der Waals surface area contributed by atoms with Crippen LogP contribution in [0.4, 0.5) is 0 Å². The Kier molecular flexibility index (Phi) is 7.30. The van der Waals surface area contributed by atoms with E-state index in [1.54, 1.807) is 0 Å². The van der Waals surface area contributed by atoms with Gasteiger partial charge in [0.2, 0.25) is 6.79 Å². The van der Waals surface area contributed by atoms with Crippen molar-refractivity contribution in [2.45, 2.75) is 6.04 Å². The molecule has 0 radical (unpaired) electrons. The third-order valence-corrected chi connectivity index (χ3v) is 4.27. The molecule has 0 spiro atoms. The van der Waals surface area contributed by atoms with Crippen LogP contribution in [-0.2, 0) is 0 Å². The first-order chi connectivity index (χ1) is 9.29. The molecule has 1 aromatic rings. The summed E-state index contributed by atoms with van der Waals surface area (Å²) in [6, 6.07) is 4.24. The summed E-state index contributed by atoms with van der Waals surface area (Å²) in [7, 11) is 0. The molecule has 1 fully saturated rings. The zero-order chi connectivity index (χ0) is 13.2. The van der Waals surface area contributed by atoms with Crippen LogP contribution >= 0.6 is 40.7 Å². The lowest BCUT2D eigenvalue weighted by Gasteiger charge is -2.34. The number of fused-ring (bicyclic) bond motifs is 1. The minimum Gasteiger partial charge on any atom is -0.454 e. The third-order valence-electron chi connectivity index (χ3n) is 3.58. The molecule has 3 rings (SSSR count). The maximum absolute atomic E-state index is 5.47. The van der Waals surface area contributed by atoms with Gasteiger partial charge in [-0.25, -0.2) is 0 Å². The summed E-state index contributed by atoms with van der Waals surface area (Å²) in [5.41, 5.74) is 1.18. The highest BCUT2D eigenvalue weighted by atomic mass is 79.9. The minimum absolute atomic E-state index is 0. The van der Waals surface area contributed by atoms with Crippen molar-refractivity contribution in [3.8, 4) is 11.5 Å². The molecule has 1 atom stereocenters. The fraction of sp³-hybridized carbons (Fsp3) is 0.429. The van der Waals surface area contributed by atoms with E-state index < -0.39 is 0 Å². The first-order valence-electron chi connectivity index (χ1n) is 6.46. The van der Waals surface area contributed by atoms with Gasteiger partial charge in [0.05, 0.1) is 6.04 Å². The highest BCUT2D eigenvalue weighted by Gasteiger charge is 2.24. The number of halogens is 3. The number of hydrogen-bond acceptors (Lipinski definition) is 4. The van der Waals surface area contributed by atoms with Crippen molar-refractivity contribution in [1.82, 2.24) is 10.2 Å². The predicted octanol–water partition coefficient (Wildman–Crippen LogP) is 3.15. The Morgan fingerprint density at radius 1 is 1.19 bits per heavy atom. The molecule has 2 heterocycles. The van der Waals surface area contributed by atoms with Crippen molar-refractivity contribution in [2.24, 2.45) is 0 Å². The second-order valence-corrected chi connectivity index (χ2v) is 5.55. The molecule has 7 heteroatoms. The number of nitrogens with zero attached hydrogens (tertiary/aromatic N) is 1. The van der Waals surface area contributed by atoms with Gasteiger partial charge >= 0.3 is 0 Å². The van der Waals surface area contributed by atoms with Gasteiger partial charge in [0.1, 0.15) is 0 Å². The van der Waals surface area contributed by atoms with Crippen LogP contribution in [0.3, 0.4) is 0 Å². The largest absolute Gasteiger partial charge is 0.454 e. The first-order valence-corrected chi connectivity index (χ1v) is 7.25. The van der Waals surface area contributed by atoms with Gasteiger partial charge in [-0.1, -0.05) is 22.0 Å². The van der Waals surface area contributed by atoms with Crippen molar-refractivity contribution < 1.29 is 9.47 Å². The Morgan fingerprint density at radius 3 is 2.43 bits per heavy atom. The number of nitrogens with one attached hydrogen (secondary N) is 1. The minimum atomic E-state index is 0. The van der Waals surface area contributed by atoms with Gasteiger partial charge in [0.15, 0.2) is 11.5 Å². The summed E-state index contributed by atoms with van der Waals surface area (Å²) < 4.78 is 11.9. The van der Waals surface area contributed by atoms with Crippen LogP contribution < -0.4 is 14.8 Å². The molecule has 2 aliphatic heterocycles. The van der Waals surface area contributed by atoms with Gasteiger partial charge in [-0.15, -0.1) is 31.4 Å². The van der Waals surface area contributed by atoms with Crippen LogP contribution in [0.25, 0.3) is 0 Å². The molecule has 0 aromatic heterocycles. The van der Waals surface area contributed by atoms with E-state index in [0.29, 0.717) is 6.79 Å². The van der Waals surface area contributed by atoms with E-state index in [-0.39, 0.29) is 30.9 Å². The van der Waals surface area contributed by atoms with E-state index in [4.69, 9.17) is 9.47 Å². The highest BCUT2D eigenvalue weighted by molar-refractivity contribution is 9.10. The smallest absolute Gasteiger partial charge is 0.231 e. The SMILES string of the molecule is C=C[C@@H](c1cc2c(cc1Br)OCO2)N1CCNCC1.Cl.Cl. The van der Waals surface area contributed by atoms with Crippen molar-refractivity contribution in [2.75, 3.05) is 33.0 Å². The molecule has 1 N–H and O–H groups in total. The summed E-state index contributed by atoms with van der Waals surface area (Å²) >= 11 is 3.63. The molecule has 0 bridgehead atoms. The standard InChI is InChI=1S/C14H17BrN2O2.2ClH/c1-2-12(17-5-3-16-4-6-17)10-7-13-14(8-11(10)15)19-9-18-13;;/h2,7-8,12,16H,1,3-6,9H2;2*1H/t12-;;/m0../s1. The zero-order valence-electron chi connectivity index (χ0n) is 11.5. The van der Waals surface area contributed by atoms with Gasteiger partial charge in [-0.3, -0.25) is 4.90 Å². The average molecular weight is 398 g/mol. The Labute approximate surface area is 145 Å². The molecule has 0 aliphatic carbocycles. The molecular weight excluding hydrogens is 379 g/mol. The zero-order valence-corrected chi connectivity index (χ0v) is 14.7. The summed E-state index contributed by atoms with van der Waals surface area (Å²) in [5.74, 6) is 1.62. The summed E-state index contributed by atoms with van der Waals surface area (Å²) in [4.78, 5) is 2.42. The van der Waals surface area contributed by atoms with E-state index in [1.807, 2.05) is 12.1 Å². The number of rotatable bonds is 3. The van der Waals surface area contributed by atoms with Crippen molar-refractivity contribution in [3.63, 3.8) is 0 Å². The molecule has 2 aliphatic rings. The quantitative estimate of drug-likeness (QED) is 0.794. The average Bonchev–Trinajstić information content (AvgIpc) is 2.88. The number of piperazine rings is 1. The molecule has 4 nitrogen and oxygen atoms in total. The number of ether oxygens (including phenoxy) is 2. The molecule has 118 valence electrons. The highest BCUT2D eigenvalue weighted by Crippen LogP contribution is 2.40. The van der Waals surface area contributed by atoms with Gasteiger partial charge in [0, 0.05) is 30.7 Å². The fourth-order valence-corrected chi connectivity index (χ4v) is 3.15. The van der Waals surface area contributed by atoms with Crippen LogP contribution in [0.2, 0.25) is 0 Å². The monoisotopic (exact) mass is 396 g/mol. The van der Waals surface area contributed by atoms with Gasteiger partial charge < -0.3 is 14.8 Å². The lowest BCUT2D eigenvalue weighted by Crippen LogP contribution is -2.44. The maximum atomic E-state index is 5.47. The van der Waals surface area contributed by atoms with Crippen molar-refractivity contribution in [1.29, 1.82) is 0 Å². The van der Waals surface area contributed by atoms with E-state index in [0.717, 1.165) is 42.2 Å². The van der Waals surface area contributed by atoms with Crippen LogP contribution in [0, 0.1) is 0 Å². The van der Waals surface area contributed by atoms with E-state index in [1.165, 1.54) is 5.56 Å². The third kappa shape index (κ3) is 3.85. The fourth-order valence-electron chi connectivity index (χ4n) is 2.59. The molecule has 21 heavy (non-hydrogen) atoms. The second kappa shape index (κ2) is 8.25. The van der Waals surface area contributed by atoms with E-state index in [2.05, 4.69) is 38.8 Å². The molecule has 1 aromatic carbocycles. The Balaban J connectivity index is 0.00000110. The summed E-state index contributed by atoms with van der Waals surface area (Å²) in [6.45, 7) is 8.39. The lowest BCUT2D eigenvalue weighted by atomic mass is 10.0. The van der Waals surface area contributed by atoms with Crippen LogP contribution in [0.15, 0.2) is 29.3 Å².